The van der Waals surface area contributed by atoms with Crippen molar-refractivity contribution in [1.29, 1.82) is 0 Å². The number of carbonyl (C=O) groups excluding carboxylic acids is 1. The van der Waals surface area contributed by atoms with Gasteiger partial charge in [0.2, 0.25) is 0 Å². The predicted octanol–water partition coefficient (Wildman–Crippen LogP) is 4.37. The van der Waals surface area contributed by atoms with Gasteiger partial charge in [-0.05, 0) is 62.7 Å². The molecule has 34 heavy (non-hydrogen) atoms. The zero-order valence-corrected chi connectivity index (χ0v) is 19.5. The molecule has 0 radical (unpaired) electrons. The fourth-order valence-corrected chi connectivity index (χ4v) is 3.53. The number of hydrogen-bond acceptors (Lipinski definition) is 6. The number of hydrogen-bond donors (Lipinski definition) is 1. The summed E-state index contributed by atoms with van der Waals surface area (Å²) in [6.45, 7) is 7.23. The Morgan fingerprint density at radius 3 is 2.47 bits per heavy atom. The van der Waals surface area contributed by atoms with Crippen molar-refractivity contribution in [2.24, 2.45) is 0 Å². The van der Waals surface area contributed by atoms with Gasteiger partial charge in [0.05, 0.1) is 18.9 Å². The largest absolute Gasteiger partial charge is 0.490 e. The van der Waals surface area contributed by atoms with Crippen LogP contribution in [0.4, 0.5) is 0 Å². The summed E-state index contributed by atoms with van der Waals surface area (Å²) in [6, 6.07) is 17.2. The second kappa shape index (κ2) is 10.6. The number of pyridine rings is 1. The number of aryl methyl sites for hydroxylation is 1. The van der Waals surface area contributed by atoms with Gasteiger partial charge < -0.3 is 14.8 Å². The first-order chi connectivity index (χ1) is 16.6. The van der Waals surface area contributed by atoms with Crippen LogP contribution in [0.15, 0.2) is 67.0 Å². The highest BCUT2D eigenvalue weighted by molar-refractivity contribution is 5.98. The molecule has 4 aromatic rings. The maximum Gasteiger partial charge on any atom is 0.274 e. The van der Waals surface area contributed by atoms with E-state index in [0.717, 1.165) is 22.4 Å². The molecule has 0 saturated heterocycles. The third kappa shape index (κ3) is 5.06. The average molecular weight is 458 g/mol. The number of amides is 1. The van der Waals surface area contributed by atoms with Gasteiger partial charge in [0.1, 0.15) is 5.69 Å². The van der Waals surface area contributed by atoms with E-state index in [4.69, 9.17) is 9.47 Å². The minimum absolute atomic E-state index is 0.226. The molecule has 4 rings (SSSR count). The zero-order valence-electron chi connectivity index (χ0n) is 19.5. The van der Waals surface area contributed by atoms with Crippen LogP contribution < -0.4 is 14.8 Å². The minimum Gasteiger partial charge on any atom is -0.490 e. The zero-order chi connectivity index (χ0) is 23.9. The number of benzene rings is 2. The Hall–Kier alpha value is -4.20. The maximum absolute atomic E-state index is 13.2. The van der Waals surface area contributed by atoms with E-state index in [1.165, 1.54) is 0 Å². The normalized spacial score (nSPS) is 10.7. The van der Waals surface area contributed by atoms with Gasteiger partial charge in [0.25, 0.3) is 5.91 Å². The standard InChI is InChI=1S/C26H27N5O3/c1-4-33-22-13-10-19(15-23(22)34-5-2)16-28-26(32)24-25(20-7-6-14-27-17-20)31(30-29-24)21-11-8-18(3)9-12-21/h6-15,17H,4-5,16H2,1-3H3,(H,28,32). The summed E-state index contributed by atoms with van der Waals surface area (Å²) in [6.07, 6.45) is 3.38. The van der Waals surface area contributed by atoms with Crippen molar-refractivity contribution in [2.75, 3.05) is 13.2 Å². The fourth-order valence-electron chi connectivity index (χ4n) is 3.53. The third-order valence-electron chi connectivity index (χ3n) is 5.16. The highest BCUT2D eigenvalue weighted by atomic mass is 16.5. The van der Waals surface area contributed by atoms with E-state index < -0.39 is 0 Å². The van der Waals surface area contributed by atoms with Crippen molar-refractivity contribution < 1.29 is 14.3 Å². The van der Waals surface area contributed by atoms with Gasteiger partial charge in [-0.1, -0.05) is 29.0 Å². The minimum atomic E-state index is -0.330. The lowest BCUT2D eigenvalue weighted by atomic mass is 10.1. The molecule has 0 fully saturated rings. The lowest BCUT2D eigenvalue weighted by molar-refractivity contribution is 0.0946. The van der Waals surface area contributed by atoms with Crippen molar-refractivity contribution in [1.82, 2.24) is 25.3 Å². The smallest absolute Gasteiger partial charge is 0.274 e. The van der Waals surface area contributed by atoms with E-state index in [2.05, 4.69) is 20.6 Å². The van der Waals surface area contributed by atoms with E-state index in [1.807, 2.05) is 75.4 Å². The Balaban J connectivity index is 1.61. The first-order valence-corrected chi connectivity index (χ1v) is 11.2. The van der Waals surface area contributed by atoms with Crippen molar-refractivity contribution in [3.63, 3.8) is 0 Å². The molecule has 2 aromatic carbocycles. The second-order valence-electron chi connectivity index (χ2n) is 7.61. The summed E-state index contributed by atoms with van der Waals surface area (Å²) in [5.74, 6) is 1.00. The highest BCUT2D eigenvalue weighted by Crippen LogP contribution is 2.29. The molecule has 8 nitrogen and oxygen atoms in total. The number of nitrogens with zero attached hydrogens (tertiary/aromatic N) is 4. The first kappa shape index (κ1) is 23.0. The van der Waals surface area contributed by atoms with E-state index in [0.29, 0.717) is 37.0 Å². The molecule has 0 spiro atoms. The molecule has 0 aliphatic heterocycles. The van der Waals surface area contributed by atoms with E-state index in [9.17, 15) is 4.79 Å². The molecule has 2 aromatic heterocycles. The molecule has 0 aliphatic carbocycles. The topological polar surface area (TPSA) is 91.2 Å². The Morgan fingerprint density at radius 2 is 1.76 bits per heavy atom. The van der Waals surface area contributed by atoms with Gasteiger partial charge in [0, 0.05) is 24.5 Å². The average Bonchev–Trinajstić information content (AvgIpc) is 3.30. The molecule has 0 unspecified atom stereocenters. The summed E-state index contributed by atoms with van der Waals surface area (Å²) >= 11 is 0. The molecule has 2 heterocycles. The van der Waals surface area contributed by atoms with Gasteiger partial charge in [-0.3, -0.25) is 9.78 Å². The molecule has 0 atom stereocenters. The number of ether oxygens (including phenoxy) is 2. The van der Waals surface area contributed by atoms with E-state index >= 15 is 0 Å². The molecular weight excluding hydrogens is 430 g/mol. The van der Waals surface area contributed by atoms with Gasteiger partial charge in [-0.2, -0.15) is 0 Å². The lowest BCUT2D eigenvalue weighted by Crippen LogP contribution is -2.24. The van der Waals surface area contributed by atoms with Gasteiger partial charge in [-0.25, -0.2) is 4.68 Å². The van der Waals surface area contributed by atoms with Crippen LogP contribution in [-0.2, 0) is 6.54 Å². The number of rotatable bonds is 9. The Morgan fingerprint density at radius 1 is 1.00 bits per heavy atom. The summed E-state index contributed by atoms with van der Waals surface area (Å²) in [4.78, 5) is 17.4. The number of carbonyl (C=O) groups is 1. The monoisotopic (exact) mass is 457 g/mol. The van der Waals surface area contributed by atoms with Crippen molar-refractivity contribution >= 4 is 5.91 Å². The van der Waals surface area contributed by atoms with Crippen molar-refractivity contribution in [3.05, 3.63) is 83.8 Å². The molecule has 0 bridgehead atoms. The lowest BCUT2D eigenvalue weighted by Gasteiger charge is -2.13. The van der Waals surface area contributed by atoms with Crippen molar-refractivity contribution in [2.45, 2.75) is 27.3 Å². The van der Waals surface area contributed by atoms with Crippen molar-refractivity contribution in [3.8, 4) is 28.4 Å². The van der Waals surface area contributed by atoms with Gasteiger partial charge in [0.15, 0.2) is 17.2 Å². The summed E-state index contributed by atoms with van der Waals surface area (Å²) in [5.41, 5.74) is 4.38. The van der Waals surface area contributed by atoms with Crippen LogP contribution in [0.1, 0.15) is 35.5 Å². The number of aromatic nitrogens is 4. The van der Waals surface area contributed by atoms with Crippen LogP contribution in [-0.4, -0.2) is 39.1 Å². The fraction of sp³-hybridized carbons (Fsp3) is 0.231. The molecule has 0 saturated carbocycles. The summed E-state index contributed by atoms with van der Waals surface area (Å²) in [7, 11) is 0. The molecule has 174 valence electrons. The van der Waals surface area contributed by atoms with Crippen LogP contribution in [0.25, 0.3) is 16.9 Å². The molecular formula is C26H27N5O3. The van der Waals surface area contributed by atoms with Gasteiger partial charge in [-0.15, -0.1) is 5.10 Å². The predicted molar refractivity (Wildman–Crippen MR) is 129 cm³/mol. The SMILES string of the molecule is CCOc1ccc(CNC(=O)c2nnn(-c3ccc(C)cc3)c2-c2cccnc2)cc1OCC. The van der Waals surface area contributed by atoms with Gasteiger partial charge >= 0.3 is 0 Å². The number of nitrogens with one attached hydrogen (secondary N) is 1. The maximum atomic E-state index is 13.2. The molecule has 1 N–H and O–H groups in total. The summed E-state index contributed by atoms with van der Waals surface area (Å²) in [5, 5.41) is 11.4. The third-order valence-corrected chi connectivity index (χ3v) is 5.16. The van der Waals surface area contributed by atoms with Crippen LogP contribution >= 0.6 is 0 Å². The molecule has 8 heteroatoms. The Kier molecular flexibility index (Phi) is 7.17. The Bertz CT molecular complexity index is 1250. The van der Waals surface area contributed by atoms with Crippen LogP contribution in [0.2, 0.25) is 0 Å². The van der Waals surface area contributed by atoms with E-state index in [-0.39, 0.29) is 11.6 Å². The Labute approximate surface area is 198 Å². The highest BCUT2D eigenvalue weighted by Gasteiger charge is 2.22. The quantitative estimate of drug-likeness (QED) is 0.401. The molecule has 0 aliphatic rings. The van der Waals surface area contributed by atoms with Crippen LogP contribution in [0.5, 0.6) is 11.5 Å². The molecule has 1 amide bonds. The van der Waals surface area contributed by atoms with E-state index in [1.54, 1.807) is 17.1 Å². The van der Waals surface area contributed by atoms with Crippen LogP contribution in [0.3, 0.4) is 0 Å². The summed E-state index contributed by atoms with van der Waals surface area (Å²) < 4.78 is 13.0. The second-order valence-corrected chi connectivity index (χ2v) is 7.61. The first-order valence-electron chi connectivity index (χ1n) is 11.2. The van der Waals surface area contributed by atoms with Crippen LogP contribution in [0, 0.1) is 6.92 Å².